The van der Waals surface area contributed by atoms with Gasteiger partial charge < -0.3 is 10.3 Å². The van der Waals surface area contributed by atoms with Crippen molar-refractivity contribution in [3.05, 3.63) is 18.3 Å². The number of hydrogen-bond donors (Lipinski definition) is 1. The van der Waals surface area contributed by atoms with Gasteiger partial charge in [0.15, 0.2) is 0 Å². The average molecular weight is 261 g/mol. The predicted molar refractivity (Wildman–Crippen MR) is 70.3 cm³/mol. The summed E-state index contributed by atoms with van der Waals surface area (Å²) < 4.78 is 7.18. The summed E-state index contributed by atoms with van der Waals surface area (Å²) in [6, 6.07) is 0. The van der Waals surface area contributed by atoms with E-state index in [0.717, 1.165) is 24.3 Å². The van der Waals surface area contributed by atoms with Gasteiger partial charge in [-0.15, -0.1) is 0 Å². The SMILES string of the molecule is Cn1cc(-c2noc(C3CCCCC3CN)n2)cn1. The quantitative estimate of drug-likeness (QED) is 0.909. The Morgan fingerprint density at radius 2 is 2.26 bits per heavy atom. The molecular formula is C13H19N5O. The first-order valence-corrected chi connectivity index (χ1v) is 6.80. The third-order valence-electron chi connectivity index (χ3n) is 3.93. The highest BCUT2D eigenvalue weighted by Crippen LogP contribution is 2.36. The van der Waals surface area contributed by atoms with E-state index in [-0.39, 0.29) is 0 Å². The van der Waals surface area contributed by atoms with Crippen molar-refractivity contribution in [3.63, 3.8) is 0 Å². The van der Waals surface area contributed by atoms with Crippen LogP contribution in [0, 0.1) is 5.92 Å². The molecule has 19 heavy (non-hydrogen) atoms. The van der Waals surface area contributed by atoms with Gasteiger partial charge in [0.05, 0.1) is 11.8 Å². The number of aromatic nitrogens is 4. The van der Waals surface area contributed by atoms with Gasteiger partial charge in [-0.2, -0.15) is 10.1 Å². The zero-order valence-corrected chi connectivity index (χ0v) is 11.1. The van der Waals surface area contributed by atoms with Crippen LogP contribution >= 0.6 is 0 Å². The number of rotatable bonds is 3. The number of nitrogens with two attached hydrogens (primary N) is 1. The Kier molecular flexibility index (Phi) is 3.33. The summed E-state index contributed by atoms with van der Waals surface area (Å²) in [5, 5.41) is 8.18. The number of aryl methyl sites for hydroxylation is 1. The van der Waals surface area contributed by atoms with Gasteiger partial charge in [-0.1, -0.05) is 18.0 Å². The molecule has 102 valence electrons. The standard InChI is InChI=1S/C13H19N5O/c1-18-8-10(7-15-18)12-16-13(19-17-12)11-5-3-2-4-9(11)6-14/h7-9,11H,2-6,14H2,1H3. The van der Waals surface area contributed by atoms with Crippen LogP contribution in [0.5, 0.6) is 0 Å². The zero-order valence-electron chi connectivity index (χ0n) is 11.1. The lowest BCUT2D eigenvalue weighted by Crippen LogP contribution is -2.25. The predicted octanol–water partition coefficient (Wildman–Crippen LogP) is 1.70. The maximum Gasteiger partial charge on any atom is 0.230 e. The van der Waals surface area contributed by atoms with Crippen molar-refractivity contribution in [1.82, 2.24) is 19.9 Å². The number of nitrogens with zero attached hydrogens (tertiary/aromatic N) is 4. The summed E-state index contributed by atoms with van der Waals surface area (Å²) in [6.45, 7) is 0.690. The molecule has 1 saturated carbocycles. The van der Waals surface area contributed by atoms with E-state index in [1.165, 1.54) is 12.8 Å². The maximum atomic E-state index is 5.85. The topological polar surface area (TPSA) is 82.8 Å². The number of hydrogen-bond acceptors (Lipinski definition) is 5. The Morgan fingerprint density at radius 3 is 3.00 bits per heavy atom. The molecule has 6 nitrogen and oxygen atoms in total. The molecule has 2 aromatic rings. The van der Waals surface area contributed by atoms with Crippen molar-refractivity contribution in [2.24, 2.45) is 18.7 Å². The summed E-state index contributed by atoms with van der Waals surface area (Å²) in [5.74, 6) is 2.13. The first-order valence-electron chi connectivity index (χ1n) is 6.80. The zero-order chi connectivity index (χ0) is 13.2. The van der Waals surface area contributed by atoms with E-state index in [0.29, 0.717) is 24.2 Å². The minimum Gasteiger partial charge on any atom is -0.339 e. The Hall–Kier alpha value is -1.69. The van der Waals surface area contributed by atoms with Crippen LogP contribution in [-0.4, -0.2) is 26.5 Å². The summed E-state index contributed by atoms with van der Waals surface area (Å²) in [6.07, 6.45) is 8.35. The summed E-state index contributed by atoms with van der Waals surface area (Å²) >= 11 is 0. The van der Waals surface area contributed by atoms with Crippen LogP contribution in [0.4, 0.5) is 0 Å². The van der Waals surface area contributed by atoms with Gasteiger partial charge in [0, 0.05) is 19.2 Å². The molecule has 2 N–H and O–H groups in total. The molecule has 1 fully saturated rings. The molecule has 0 spiro atoms. The van der Waals surface area contributed by atoms with Gasteiger partial charge in [-0.3, -0.25) is 4.68 Å². The van der Waals surface area contributed by atoms with Gasteiger partial charge in [0.1, 0.15) is 0 Å². The van der Waals surface area contributed by atoms with E-state index < -0.39 is 0 Å². The smallest absolute Gasteiger partial charge is 0.230 e. The molecule has 1 aliphatic rings. The van der Waals surface area contributed by atoms with Crippen molar-refractivity contribution < 1.29 is 4.52 Å². The molecule has 1 aliphatic carbocycles. The van der Waals surface area contributed by atoms with E-state index >= 15 is 0 Å². The Bertz CT molecular complexity index is 547. The highest BCUT2D eigenvalue weighted by molar-refractivity contribution is 5.51. The van der Waals surface area contributed by atoms with Gasteiger partial charge in [0.25, 0.3) is 0 Å². The molecule has 2 aromatic heterocycles. The van der Waals surface area contributed by atoms with E-state index in [4.69, 9.17) is 10.3 Å². The Labute approximate surface area is 112 Å². The van der Waals surface area contributed by atoms with Gasteiger partial charge in [0.2, 0.25) is 11.7 Å². The Morgan fingerprint density at radius 1 is 1.42 bits per heavy atom. The second-order valence-corrected chi connectivity index (χ2v) is 5.25. The highest BCUT2D eigenvalue weighted by Gasteiger charge is 2.30. The normalized spacial score (nSPS) is 23.7. The third kappa shape index (κ3) is 2.40. The molecule has 6 heteroatoms. The average Bonchev–Trinajstić information content (AvgIpc) is 3.07. The van der Waals surface area contributed by atoms with Crippen molar-refractivity contribution in [2.75, 3.05) is 6.54 Å². The minimum absolute atomic E-state index is 0.316. The molecule has 0 amide bonds. The van der Waals surface area contributed by atoms with Crippen LogP contribution in [0.1, 0.15) is 37.5 Å². The van der Waals surface area contributed by atoms with E-state index in [2.05, 4.69) is 15.2 Å². The molecule has 3 rings (SSSR count). The lowest BCUT2D eigenvalue weighted by atomic mass is 9.79. The Balaban J connectivity index is 1.84. The van der Waals surface area contributed by atoms with Crippen LogP contribution in [0.15, 0.2) is 16.9 Å². The molecule has 0 aromatic carbocycles. The fourth-order valence-corrected chi connectivity index (χ4v) is 2.85. The maximum absolute atomic E-state index is 5.85. The fraction of sp³-hybridized carbons (Fsp3) is 0.615. The van der Waals surface area contributed by atoms with Crippen molar-refractivity contribution >= 4 is 0 Å². The van der Waals surface area contributed by atoms with Crippen molar-refractivity contribution in [1.29, 1.82) is 0 Å². The van der Waals surface area contributed by atoms with Crippen LogP contribution in [0.25, 0.3) is 11.4 Å². The molecular weight excluding hydrogens is 242 g/mol. The van der Waals surface area contributed by atoms with Crippen LogP contribution in [0.3, 0.4) is 0 Å². The summed E-state index contributed by atoms with van der Waals surface area (Å²) in [7, 11) is 1.87. The van der Waals surface area contributed by atoms with Crippen LogP contribution in [-0.2, 0) is 7.05 Å². The largest absolute Gasteiger partial charge is 0.339 e. The minimum atomic E-state index is 0.316. The molecule has 0 aliphatic heterocycles. The fourth-order valence-electron chi connectivity index (χ4n) is 2.85. The first kappa shape index (κ1) is 12.3. The summed E-state index contributed by atoms with van der Waals surface area (Å²) in [4.78, 5) is 4.53. The monoisotopic (exact) mass is 261 g/mol. The highest BCUT2D eigenvalue weighted by atomic mass is 16.5. The van der Waals surface area contributed by atoms with Gasteiger partial charge in [-0.05, 0) is 25.3 Å². The molecule has 0 saturated heterocycles. The molecule has 0 radical (unpaired) electrons. The van der Waals surface area contributed by atoms with E-state index in [1.54, 1.807) is 10.9 Å². The van der Waals surface area contributed by atoms with Crippen LogP contribution < -0.4 is 5.73 Å². The van der Waals surface area contributed by atoms with Gasteiger partial charge in [-0.25, -0.2) is 0 Å². The third-order valence-corrected chi connectivity index (χ3v) is 3.93. The van der Waals surface area contributed by atoms with Gasteiger partial charge >= 0.3 is 0 Å². The lowest BCUT2D eigenvalue weighted by Gasteiger charge is -2.27. The van der Waals surface area contributed by atoms with E-state index in [1.807, 2.05) is 13.2 Å². The second kappa shape index (κ2) is 5.13. The first-order chi connectivity index (χ1) is 9.28. The molecule has 2 atom stereocenters. The van der Waals surface area contributed by atoms with Crippen molar-refractivity contribution in [3.8, 4) is 11.4 Å². The second-order valence-electron chi connectivity index (χ2n) is 5.25. The molecule has 0 bridgehead atoms. The van der Waals surface area contributed by atoms with Crippen LogP contribution in [0.2, 0.25) is 0 Å². The summed E-state index contributed by atoms with van der Waals surface area (Å²) in [5.41, 5.74) is 6.74. The van der Waals surface area contributed by atoms with E-state index in [9.17, 15) is 0 Å². The lowest BCUT2D eigenvalue weighted by molar-refractivity contribution is 0.249. The molecule has 2 unspecified atom stereocenters. The van der Waals surface area contributed by atoms with Crippen molar-refractivity contribution in [2.45, 2.75) is 31.6 Å². The molecule has 2 heterocycles.